The molecule has 0 aromatic heterocycles. The number of nitrogens with one attached hydrogen (secondary N) is 2. The highest BCUT2D eigenvalue weighted by atomic mass is 19.1. The first-order chi connectivity index (χ1) is 16.4. The van der Waals surface area contributed by atoms with Gasteiger partial charge < -0.3 is 15.5 Å². The van der Waals surface area contributed by atoms with E-state index in [1.807, 2.05) is 17.0 Å². The normalized spacial score (nSPS) is 12.9. The maximum Gasteiger partial charge on any atom is 0.258 e. The lowest BCUT2D eigenvalue weighted by Crippen LogP contribution is -2.28. The van der Waals surface area contributed by atoms with Gasteiger partial charge in [0.2, 0.25) is 0 Å². The van der Waals surface area contributed by atoms with E-state index in [1.165, 1.54) is 18.2 Å². The first-order valence-electron chi connectivity index (χ1n) is 11.3. The topological polar surface area (TPSA) is 78.5 Å². The van der Waals surface area contributed by atoms with E-state index < -0.39 is 11.7 Å². The van der Waals surface area contributed by atoms with Crippen LogP contribution in [0.5, 0.6) is 0 Å². The Morgan fingerprint density at radius 1 is 0.882 bits per heavy atom. The van der Waals surface area contributed by atoms with E-state index in [9.17, 15) is 18.8 Å². The number of aryl methyl sites for hydroxylation is 1. The van der Waals surface area contributed by atoms with Crippen LogP contribution in [0.25, 0.3) is 0 Å². The van der Waals surface area contributed by atoms with Crippen molar-refractivity contribution in [1.82, 2.24) is 10.2 Å². The van der Waals surface area contributed by atoms with Gasteiger partial charge in [-0.05, 0) is 67.3 Å². The van der Waals surface area contributed by atoms with Crippen molar-refractivity contribution in [2.75, 3.05) is 18.4 Å². The number of carbonyl (C=O) groups is 3. The lowest BCUT2D eigenvalue weighted by Gasteiger charge is -2.16. The number of hydrogen-bond acceptors (Lipinski definition) is 3. The molecule has 1 aliphatic rings. The fourth-order valence-corrected chi connectivity index (χ4v) is 3.93. The maximum absolute atomic E-state index is 13.9. The van der Waals surface area contributed by atoms with Gasteiger partial charge in [0.05, 0.1) is 5.56 Å². The van der Waals surface area contributed by atoms with Crippen molar-refractivity contribution in [2.24, 2.45) is 0 Å². The standard InChI is InChI=1S/C27H26FN3O3/c1-18-11-12-20(16-24(18)30-26(33)22-9-2-3-10-23(22)28)25(32)29-17-19-7-6-8-21(15-19)27(34)31-13-4-5-14-31/h2-3,6-12,15-16H,4-5,13-14,17H2,1H3,(H,29,32)(H,30,33). The van der Waals surface area contributed by atoms with Crippen LogP contribution in [0.2, 0.25) is 0 Å². The SMILES string of the molecule is Cc1ccc(C(=O)NCc2cccc(C(=O)N3CCCC3)c2)cc1NC(=O)c1ccccc1F. The summed E-state index contributed by atoms with van der Waals surface area (Å²) in [6, 6.07) is 17.9. The van der Waals surface area contributed by atoms with Crippen LogP contribution in [0, 0.1) is 12.7 Å². The van der Waals surface area contributed by atoms with Crippen LogP contribution >= 0.6 is 0 Å². The molecule has 0 unspecified atom stereocenters. The van der Waals surface area contributed by atoms with E-state index in [2.05, 4.69) is 10.6 Å². The van der Waals surface area contributed by atoms with Gasteiger partial charge in [0, 0.05) is 36.4 Å². The quantitative estimate of drug-likeness (QED) is 0.568. The molecule has 174 valence electrons. The van der Waals surface area contributed by atoms with Gasteiger partial charge in [-0.25, -0.2) is 4.39 Å². The van der Waals surface area contributed by atoms with Crippen LogP contribution in [0.4, 0.5) is 10.1 Å². The van der Waals surface area contributed by atoms with Crippen molar-refractivity contribution in [3.8, 4) is 0 Å². The van der Waals surface area contributed by atoms with E-state index in [-0.39, 0.29) is 23.9 Å². The second-order valence-electron chi connectivity index (χ2n) is 8.35. The zero-order valence-corrected chi connectivity index (χ0v) is 18.9. The van der Waals surface area contributed by atoms with Crippen LogP contribution in [0.1, 0.15) is 55.0 Å². The van der Waals surface area contributed by atoms with E-state index in [0.29, 0.717) is 16.8 Å². The molecule has 1 aliphatic heterocycles. The van der Waals surface area contributed by atoms with Crippen LogP contribution in [0.3, 0.4) is 0 Å². The molecule has 0 aliphatic carbocycles. The Bertz CT molecular complexity index is 1240. The lowest BCUT2D eigenvalue weighted by atomic mass is 10.1. The summed E-state index contributed by atoms with van der Waals surface area (Å²) in [5.74, 6) is -1.51. The van der Waals surface area contributed by atoms with E-state index >= 15 is 0 Å². The van der Waals surface area contributed by atoms with Gasteiger partial charge >= 0.3 is 0 Å². The summed E-state index contributed by atoms with van der Waals surface area (Å²) in [4.78, 5) is 39.7. The number of likely N-dealkylation sites (tertiary alicyclic amines) is 1. The Labute approximate surface area is 197 Å². The molecule has 3 aromatic carbocycles. The number of hydrogen-bond donors (Lipinski definition) is 2. The van der Waals surface area contributed by atoms with Crippen molar-refractivity contribution in [3.63, 3.8) is 0 Å². The molecule has 4 rings (SSSR count). The fourth-order valence-electron chi connectivity index (χ4n) is 3.93. The molecule has 1 fully saturated rings. The Hall–Kier alpha value is -4.00. The highest BCUT2D eigenvalue weighted by Crippen LogP contribution is 2.19. The van der Waals surface area contributed by atoms with Crippen LogP contribution in [0.15, 0.2) is 66.7 Å². The number of carbonyl (C=O) groups excluding carboxylic acids is 3. The number of benzene rings is 3. The Balaban J connectivity index is 1.42. The Morgan fingerprint density at radius 2 is 1.65 bits per heavy atom. The minimum Gasteiger partial charge on any atom is -0.348 e. The van der Waals surface area contributed by atoms with Crippen molar-refractivity contribution >= 4 is 23.4 Å². The monoisotopic (exact) mass is 459 g/mol. The number of amides is 3. The summed E-state index contributed by atoms with van der Waals surface area (Å²) < 4.78 is 13.9. The molecule has 2 N–H and O–H groups in total. The van der Waals surface area contributed by atoms with Crippen molar-refractivity contribution in [1.29, 1.82) is 0 Å². The molecule has 34 heavy (non-hydrogen) atoms. The molecule has 0 spiro atoms. The van der Waals surface area contributed by atoms with Crippen LogP contribution in [-0.2, 0) is 6.54 Å². The summed E-state index contributed by atoms with van der Waals surface area (Å²) in [6.45, 7) is 3.61. The smallest absolute Gasteiger partial charge is 0.258 e. The van der Waals surface area contributed by atoms with Gasteiger partial charge in [-0.3, -0.25) is 14.4 Å². The third kappa shape index (κ3) is 5.31. The molecule has 7 heteroatoms. The van der Waals surface area contributed by atoms with Crippen LogP contribution < -0.4 is 10.6 Å². The average molecular weight is 460 g/mol. The van der Waals surface area contributed by atoms with Gasteiger partial charge in [0.1, 0.15) is 5.82 Å². The predicted octanol–water partition coefficient (Wildman–Crippen LogP) is 4.55. The second kappa shape index (κ2) is 10.3. The predicted molar refractivity (Wildman–Crippen MR) is 128 cm³/mol. The Kier molecular flexibility index (Phi) is 7.01. The molecular weight excluding hydrogens is 433 g/mol. The summed E-state index contributed by atoms with van der Waals surface area (Å²) in [5.41, 5.74) is 2.90. The average Bonchev–Trinajstić information content (AvgIpc) is 3.39. The minimum absolute atomic E-state index is 0.0134. The van der Waals surface area contributed by atoms with Crippen molar-refractivity contribution in [2.45, 2.75) is 26.3 Å². The minimum atomic E-state index is -0.614. The summed E-state index contributed by atoms with van der Waals surface area (Å²) in [6.07, 6.45) is 2.06. The third-order valence-electron chi connectivity index (χ3n) is 5.89. The molecule has 6 nitrogen and oxygen atoms in total. The second-order valence-corrected chi connectivity index (χ2v) is 8.35. The highest BCUT2D eigenvalue weighted by molar-refractivity contribution is 6.05. The number of halogens is 1. The molecule has 0 radical (unpaired) electrons. The van der Waals surface area contributed by atoms with Gasteiger partial charge in [0.25, 0.3) is 17.7 Å². The number of rotatable bonds is 6. The van der Waals surface area contributed by atoms with Gasteiger partial charge in [-0.15, -0.1) is 0 Å². The summed E-state index contributed by atoms with van der Waals surface area (Å²) in [5, 5.41) is 5.54. The fraction of sp³-hybridized carbons (Fsp3) is 0.222. The molecule has 1 saturated heterocycles. The molecular formula is C27H26FN3O3. The van der Waals surface area contributed by atoms with E-state index in [1.54, 1.807) is 43.3 Å². The van der Waals surface area contributed by atoms with Crippen molar-refractivity contribution < 1.29 is 18.8 Å². The molecule has 0 saturated carbocycles. The zero-order valence-electron chi connectivity index (χ0n) is 18.9. The van der Waals surface area contributed by atoms with Crippen molar-refractivity contribution in [3.05, 3.63) is 100 Å². The number of nitrogens with zero attached hydrogens (tertiary/aromatic N) is 1. The molecule has 0 atom stereocenters. The summed E-state index contributed by atoms with van der Waals surface area (Å²) >= 11 is 0. The number of anilines is 1. The molecule has 3 amide bonds. The van der Waals surface area contributed by atoms with E-state index in [4.69, 9.17) is 0 Å². The van der Waals surface area contributed by atoms with Gasteiger partial charge in [-0.2, -0.15) is 0 Å². The zero-order chi connectivity index (χ0) is 24.1. The first-order valence-corrected chi connectivity index (χ1v) is 11.3. The maximum atomic E-state index is 13.9. The van der Waals surface area contributed by atoms with Crippen LogP contribution in [-0.4, -0.2) is 35.7 Å². The highest BCUT2D eigenvalue weighted by Gasteiger charge is 2.19. The largest absolute Gasteiger partial charge is 0.348 e. The van der Waals surface area contributed by atoms with E-state index in [0.717, 1.165) is 37.1 Å². The molecule has 3 aromatic rings. The van der Waals surface area contributed by atoms with Gasteiger partial charge in [-0.1, -0.05) is 30.3 Å². The third-order valence-corrected chi connectivity index (χ3v) is 5.89. The molecule has 1 heterocycles. The molecule has 0 bridgehead atoms. The Morgan fingerprint density at radius 3 is 2.41 bits per heavy atom. The first kappa shape index (κ1) is 23.2. The van der Waals surface area contributed by atoms with Gasteiger partial charge in [0.15, 0.2) is 0 Å². The summed E-state index contributed by atoms with van der Waals surface area (Å²) in [7, 11) is 0. The lowest BCUT2D eigenvalue weighted by molar-refractivity contribution is 0.0792.